The number of nitrogens with zero attached hydrogens (tertiary/aromatic N) is 2. The van der Waals surface area contributed by atoms with Crippen molar-refractivity contribution in [1.29, 1.82) is 0 Å². The van der Waals surface area contributed by atoms with Gasteiger partial charge in [-0.2, -0.15) is 0 Å². The van der Waals surface area contributed by atoms with E-state index in [0.29, 0.717) is 18.1 Å². The maximum atomic E-state index is 11.4. The van der Waals surface area contributed by atoms with Gasteiger partial charge in [-0.1, -0.05) is 15.9 Å². The minimum atomic E-state index is -2.83. The highest BCUT2D eigenvalue weighted by Gasteiger charge is 2.32. The smallest absolute Gasteiger partial charge is 0.216 e. The number of rotatable bonds is 4. The number of methoxy groups -OCH3 is 1. The highest BCUT2D eigenvalue weighted by Crippen LogP contribution is 2.28. The van der Waals surface area contributed by atoms with E-state index in [0.717, 1.165) is 12.1 Å². The maximum absolute atomic E-state index is 11.4. The molecule has 0 bridgehead atoms. The largest absolute Gasteiger partial charge is 0.481 e. The van der Waals surface area contributed by atoms with E-state index in [1.807, 2.05) is 0 Å². The van der Waals surface area contributed by atoms with Gasteiger partial charge >= 0.3 is 0 Å². The van der Waals surface area contributed by atoms with Crippen LogP contribution < -0.4 is 4.74 Å². The Hall–Kier alpha value is -0.690. The molecule has 2 rings (SSSR count). The number of hydrogen-bond acceptors (Lipinski definition) is 5. The van der Waals surface area contributed by atoms with Crippen LogP contribution in [0, 0.1) is 5.92 Å². The van der Waals surface area contributed by atoms with Gasteiger partial charge in [-0.05, 0) is 12.3 Å². The first-order chi connectivity index (χ1) is 8.50. The van der Waals surface area contributed by atoms with Gasteiger partial charge in [0.25, 0.3) is 0 Å². The average Bonchev–Trinajstić information content (AvgIpc) is 2.70. The van der Waals surface area contributed by atoms with E-state index in [9.17, 15) is 8.42 Å². The fourth-order valence-electron chi connectivity index (χ4n) is 2.08. The highest BCUT2D eigenvalue weighted by molar-refractivity contribution is 9.09. The van der Waals surface area contributed by atoms with Gasteiger partial charge < -0.3 is 4.74 Å². The van der Waals surface area contributed by atoms with Crippen LogP contribution >= 0.6 is 15.9 Å². The molecule has 0 amide bonds. The predicted octanol–water partition coefficient (Wildman–Crippen LogP) is 1.23. The molecule has 0 aromatic carbocycles. The van der Waals surface area contributed by atoms with Crippen molar-refractivity contribution in [3.8, 4) is 5.88 Å². The fraction of sp³-hybridized carbons (Fsp3) is 0.636. The minimum absolute atomic E-state index is 0.120. The number of ether oxygens (including phenoxy) is 1. The van der Waals surface area contributed by atoms with Gasteiger partial charge in [-0.3, -0.25) is 0 Å². The molecule has 1 aliphatic rings. The molecule has 1 saturated heterocycles. The molecule has 18 heavy (non-hydrogen) atoms. The van der Waals surface area contributed by atoms with Crippen LogP contribution in [-0.2, 0) is 16.3 Å². The zero-order chi connectivity index (χ0) is 13.2. The monoisotopic (exact) mass is 334 g/mol. The normalized spacial score (nSPS) is 23.8. The van der Waals surface area contributed by atoms with E-state index in [2.05, 4.69) is 25.9 Å². The minimum Gasteiger partial charge on any atom is -0.481 e. The molecule has 0 N–H and O–H groups in total. The number of sulfone groups is 1. The van der Waals surface area contributed by atoms with E-state index < -0.39 is 9.84 Å². The topological polar surface area (TPSA) is 69.2 Å². The number of halogens is 1. The summed E-state index contributed by atoms with van der Waals surface area (Å²) in [6.45, 7) is 0. The average molecular weight is 335 g/mol. The SMILES string of the molecule is COc1cc(CC(Br)C2CCS(=O)(=O)C2)ncn1. The summed E-state index contributed by atoms with van der Waals surface area (Å²) >= 11 is 3.57. The van der Waals surface area contributed by atoms with Crippen LogP contribution in [0.15, 0.2) is 12.4 Å². The van der Waals surface area contributed by atoms with E-state index in [1.54, 1.807) is 13.2 Å². The molecule has 0 aliphatic carbocycles. The Bertz CT molecular complexity index is 521. The van der Waals surface area contributed by atoms with Crippen LogP contribution in [0.25, 0.3) is 0 Å². The standard InChI is InChI=1S/C11H15BrN2O3S/c1-17-11-5-9(13-7-14-11)4-10(12)8-2-3-18(15,16)6-8/h5,7-8,10H,2-4,6H2,1H3. The van der Waals surface area contributed by atoms with E-state index >= 15 is 0 Å². The van der Waals surface area contributed by atoms with E-state index in [-0.39, 0.29) is 16.5 Å². The van der Waals surface area contributed by atoms with Gasteiger partial charge in [0, 0.05) is 23.0 Å². The lowest BCUT2D eigenvalue weighted by Gasteiger charge is -2.15. The van der Waals surface area contributed by atoms with Gasteiger partial charge in [0.1, 0.15) is 6.33 Å². The Balaban J connectivity index is 2.01. The molecule has 1 aliphatic heterocycles. The molecule has 5 nitrogen and oxygen atoms in total. The predicted molar refractivity (Wildman–Crippen MR) is 71.8 cm³/mol. The van der Waals surface area contributed by atoms with Crippen molar-refractivity contribution in [2.24, 2.45) is 5.92 Å². The molecule has 100 valence electrons. The highest BCUT2D eigenvalue weighted by atomic mass is 79.9. The summed E-state index contributed by atoms with van der Waals surface area (Å²) in [7, 11) is -1.28. The Labute approximate surface area is 115 Å². The third-order valence-electron chi connectivity index (χ3n) is 3.09. The fourth-order valence-corrected chi connectivity index (χ4v) is 4.99. The van der Waals surface area contributed by atoms with Crippen LogP contribution in [-0.4, -0.2) is 41.8 Å². The van der Waals surface area contributed by atoms with Crippen molar-refractivity contribution in [2.45, 2.75) is 17.7 Å². The number of alkyl halides is 1. The van der Waals surface area contributed by atoms with Crippen LogP contribution in [0.3, 0.4) is 0 Å². The van der Waals surface area contributed by atoms with E-state index in [4.69, 9.17) is 4.74 Å². The van der Waals surface area contributed by atoms with Crippen LogP contribution in [0.2, 0.25) is 0 Å². The third-order valence-corrected chi connectivity index (χ3v) is 5.96. The first kappa shape index (κ1) is 13.7. The molecule has 2 atom stereocenters. The summed E-state index contributed by atoms with van der Waals surface area (Å²) < 4.78 is 27.9. The molecule has 1 aromatic rings. The number of hydrogen-bond donors (Lipinski definition) is 0. The van der Waals surface area contributed by atoms with Crippen molar-refractivity contribution in [2.75, 3.05) is 18.6 Å². The lowest BCUT2D eigenvalue weighted by Crippen LogP contribution is -2.19. The second kappa shape index (κ2) is 5.52. The lowest BCUT2D eigenvalue weighted by atomic mass is 10.0. The maximum Gasteiger partial charge on any atom is 0.216 e. The Morgan fingerprint density at radius 3 is 2.94 bits per heavy atom. The first-order valence-electron chi connectivity index (χ1n) is 5.69. The second-order valence-corrected chi connectivity index (χ2v) is 7.84. The molecule has 0 radical (unpaired) electrons. The molecule has 2 unspecified atom stereocenters. The summed E-state index contributed by atoms with van der Waals surface area (Å²) in [6, 6.07) is 1.78. The first-order valence-corrected chi connectivity index (χ1v) is 8.43. The quantitative estimate of drug-likeness (QED) is 0.774. The van der Waals surface area contributed by atoms with Gasteiger partial charge in [-0.15, -0.1) is 0 Å². The molecular formula is C11H15BrN2O3S. The Morgan fingerprint density at radius 1 is 1.56 bits per heavy atom. The zero-order valence-corrected chi connectivity index (χ0v) is 12.4. The summed E-state index contributed by atoms with van der Waals surface area (Å²) in [4.78, 5) is 8.23. The second-order valence-electron chi connectivity index (χ2n) is 4.43. The molecule has 2 heterocycles. The van der Waals surface area contributed by atoms with Crippen molar-refractivity contribution in [3.05, 3.63) is 18.1 Å². The lowest BCUT2D eigenvalue weighted by molar-refractivity contribution is 0.395. The Kier molecular flexibility index (Phi) is 4.21. The molecule has 0 saturated carbocycles. The van der Waals surface area contributed by atoms with Gasteiger partial charge in [0.05, 0.1) is 18.6 Å². The summed E-state index contributed by atoms with van der Waals surface area (Å²) in [5.74, 6) is 1.26. The summed E-state index contributed by atoms with van der Waals surface area (Å²) in [5, 5.41) is 0. The van der Waals surface area contributed by atoms with Crippen molar-refractivity contribution in [3.63, 3.8) is 0 Å². The number of aromatic nitrogens is 2. The Morgan fingerprint density at radius 2 is 2.33 bits per heavy atom. The zero-order valence-electron chi connectivity index (χ0n) is 10.0. The van der Waals surface area contributed by atoms with Crippen LogP contribution in [0.5, 0.6) is 5.88 Å². The molecular weight excluding hydrogens is 320 g/mol. The van der Waals surface area contributed by atoms with Crippen molar-refractivity contribution < 1.29 is 13.2 Å². The molecule has 1 aromatic heterocycles. The molecule has 1 fully saturated rings. The van der Waals surface area contributed by atoms with Crippen LogP contribution in [0.1, 0.15) is 12.1 Å². The molecule has 7 heteroatoms. The molecule has 0 spiro atoms. The summed E-state index contributed by atoms with van der Waals surface area (Å²) in [5.41, 5.74) is 0.855. The van der Waals surface area contributed by atoms with Crippen LogP contribution in [0.4, 0.5) is 0 Å². The van der Waals surface area contributed by atoms with Gasteiger partial charge in [0.2, 0.25) is 5.88 Å². The van der Waals surface area contributed by atoms with Gasteiger partial charge in [-0.25, -0.2) is 18.4 Å². The third kappa shape index (κ3) is 3.41. The van der Waals surface area contributed by atoms with Crippen molar-refractivity contribution >= 4 is 25.8 Å². The van der Waals surface area contributed by atoms with E-state index in [1.165, 1.54) is 6.33 Å². The van der Waals surface area contributed by atoms with Gasteiger partial charge in [0.15, 0.2) is 9.84 Å². The summed E-state index contributed by atoms with van der Waals surface area (Å²) in [6.07, 6.45) is 2.86. The van der Waals surface area contributed by atoms with Crippen molar-refractivity contribution in [1.82, 2.24) is 9.97 Å².